The van der Waals surface area contributed by atoms with Crippen molar-refractivity contribution < 1.29 is 4.42 Å². The summed E-state index contributed by atoms with van der Waals surface area (Å²) in [5, 5.41) is 11.6. The highest BCUT2D eigenvalue weighted by atomic mass is 16.3. The summed E-state index contributed by atoms with van der Waals surface area (Å²) in [6, 6.07) is 77.0. The van der Waals surface area contributed by atoms with E-state index in [1.807, 2.05) is 78.9 Å². The molecule has 0 unspecified atom stereocenters. The van der Waals surface area contributed by atoms with E-state index in [1.54, 1.807) is 0 Å². The van der Waals surface area contributed by atoms with Crippen LogP contribution >= 0.6 is 0 Å². The van der Waals surface area contributed by atoms with Crippen LogP contribution < -0.4 is 0 Å². The minimum atomic E-state index is 0.537. The highest BCUT2D eigenvalue weighted by Gasteiger charge is 2.19. The van der Waals surface area contributed by atoms with Crippen molar-refractivity contribution in [3.8, 4) is 95.9 Å². The van der Waals surface area contributed by atoms with Gasteiger partial charge in [-0.3, -0.25) is 0 Å². The van der Waals surface area contributed by atoms with Crippen LogP contribution in [0.3, 0.4) is 0 Å². The van der Waals surface area contributed by atoms with Gasteiger partial charge in [0.15, 0.2) is 17.5 Å². The number of nitrogens with zero attached hydrogens (tertiary/aromatic N) is 4. The van der Waals surface area contributed by atoms with Gasteiger partial charge in [0.25, 0.3) is 0 Å². The first-order chi connectivity index (χ1) is 31.1. The lowest BCUT2D eigenvalue weighted by atomic mass is 9.92. The summed E-state index contributed by atoms with van der Waals surface area (Å²) in [5.74, 6) is 1.65. The molecule has 0 spiro atoms. The van der Waals surface area contributed by atoms with Crippen molar-refractivity contribution in [3.63, 3.8) is 0 Å². The maximum Gasteiger partial charge on any atom is 0.164 e. The minimum absolute atomic E-state index is 0.537. The molecule has 0 bridgehead atoms. The highest BCUT2D eigenvalue weighted by Crippen LogP contribution is 2.41. The van der Waals surface area contributed by atoms with Crippen LogP contribution in [0, 0.1) is 11.3 Å². The zero-order valence-corrected chi connectivity index (χ0v) is 34.0. The molecule has 0 saturated heterocycles. The van der Waals surface area contributed by atoms with Crippen LogP contribution in [0.1, 0.15) is 5.56 Å². The maximum absolute atomic E-state index is 9.50. The third-order valence-electron chi connectivity index (χ3n) is 11.6. The fraction of sp³-hybridized carbons (Fsp3) is 0. The van der Waals surface area contributed by atoms with Gasteiger partial charge in [0, 0.05) is 27.5 Å². The number of fused-ring (bicyclic) bond motifs is 3. The smallest absolute Gasteiger partial charge is 0.164 e. The second-order valence-electron chi connectivity index (χ2n) is 15.5. The molecule has 63 heavy (non-hydrogen) atoms. The molecule has 11 rings (SSSR count). The van der Waals surface area contributed by atoms with Gasteiger partial charge in [-0.2, -0.15) is 5.26 Å². The van der Waals surface area contributed by atoms with Gasteiger partial charge >= 0.3 is 0 Å². The number of furan rings is 1. The van der Waals surface area contributed by atoms with E-state index in [9.17, 15) is 5.26 Å². The summed E-state index contributed by atoms with van der Waals surface area (Å²) in [6.45, 7) is 0. The fourth-order valence-electron chi connectivity index (χ4n) is 8.44. The Morgan fingerprint density at radius 3 is 1.46 bits per heavy atom. The third-order valence-corrected chi connectivity index (χ3v) is 11.6. The molecule has 0 atom stereocenters. The highest BCUT2D eigenvalue weighted by molar-refractivity contribution is 6.14. The molecule has 5 nitrogen and oxygen atoms in total. The Kier molecular flexibility index (Phi) is 9.50. The lowest BCUT2D eigenvalue weighted by Gasteiger charge is -2.11. The molecule has 0 fully saturated rings. The van der Waals surface area contributed by atoms with Crippen LogP contribution in [0.5, 0.6) is 0 Å². The first kappa shape index (κ1) is 37.3. The maximum atomic E-state index is 9.50. The molecule has 0 saturated carbocycles. The van der Waals surface area contributed by atoms with Crippen LogP contribution in [-0.4, -0.2) is 15.0 Å². The van der Waals surface area contributed by atoms with Gasteiger partial charge in [-0.05, 0) is 92.0 Å². The number of rotatable bonds is 8. The Bertz CT molecular complexity index is 3500. The van der Waals surface area contributed by atoms with Gasteiger partial charge in [-0.15, -0.1) is 0 Å². The first-order valence-corrected chi connectivity index (χ1v) is 20.9. The van der Waals surface area contributed by atoms with E-state index >= 15 is 0 Å². The van der Waals surface area contributed by atoms with Gasteiger partial charge in [-0.1, -0.05) is 182 Å². The van der Waals surface area contributed by atoms with E-state index in [0.29, 0.717) is 23.0 Å². The zero-order chi connectivity index (χ0) is 42.1. The Balaban J connectivity index is 1.02. The molecule has 0 N–H and O–H groups in total. The van der Waals surface area contributed by atoms with Gasteiger partial charge < -0.3 is 4.42 Å². The Labute approximate surface area is 364 Å². The Morgan fingerprint density at radius 1 is 0.317 bits per heavy atom. The lowest BCUT2D eigenvalue weighted by Crippen LogP contribution is -2.00. The topological polar surface area (TPSA) is 75.6 Å². The summed E-state index contributed by atoms with van der Waals surface area (Å²) < 4.78 is 6.63. The summed E-state index contributed by atoms with van der Waals surface area (Å²) in [4.78, 5) is 15.4. The Morgan fingerprint density at radius 2 is 0.778 bits per heavy atom. The monoisotopic (exact) mass is 804 g/mol. The van der Waals surface area contributed by atoms with Crippen molar-refractivity contribution in [3.05, 3.63) is 224 Å². The summed E-state index contributed by atoms with van der Waals surface area (Å²) in [5.41, 5.74) is 15.8. The molecule has 11 aromatic rings. The SMILES string of the molecule is N#Cc1cccc(-c2ccc(-c3nc(-c4cccc(-c5ccc(-c6ccccc6)cc5)c4)nc(-c4ccc5c(c4)oc4cccc(-c6ccccc6-c6ccccc6)c45)n3)cc2)c1. The predicted octanol–water partition coefficient (Wildman–Crippen LogP) is 15.0. The normalized spacial score (nSPS) is 11.2. The van der Waals surface area contributed by atoms with Crippen LogP contribution in [0.2, 0.25) is 0 Å². The van der Waals surface area contributed by atoms with E-state index in [1.165, 1.54) is 16.7 Å². The number of hydrogen-bond acceptors (Lipinski definition) is 5. The van der Waals surface area contributed by atoms with Crippen molar-refractivity contribution in [2.24, 2.45) is 0 Å². The van der Waals surface area contributed by atoms with Crippen molar-refractivity contribution in [2.75, 3.05) is 0 Å². The molecular formula is C58H36N4O. The van der Waals surface area contributed by atoms with E-state index < -0.39 is 0 Å². The summed E-state index contributed by atoms with van der Waals surface area (Å²) in [6.07, 6.45) is 0. The van der Waals surface area contributed by atoms with Gasteiger partial charge in [0.1, 0.15) is 11.2 Å². The molecule has 0 amide bonds. The van der Waals surface area contributed by atoms with Crippen molar-refractivity contribution in [1.82, 2.24) is 15.0 Å². The lowest BCUT2D eigenvalue weighted by molar-refractivity contribution is 0.669. The molecule has 0 radical (unpaired) electrons. The Hall–Kier alpha value is -8.72. The number of nitriles is 1. The van der Waals surface area contributed by atoms with Gasteiger partial charge in [-0.25, -0.2) is 15.0 Å². The third kappa shape index (κ3) is 7.22. The van der Waals surface area contributed by atoms with E-state index in [2.05, 4.69) is 146 Å². The largest absolute Gasteiger partial charge is 0.456 e. The van der Waals surface area contributed by atoms with Crippen LogP contribution in [-0.2, 0) is 0 Å². The zero-order valence-electron chi connectivity index (χ0n) is 34.0. The van der Waals surface area contributed by atoms with Crippen LogP contribution in [0.15, 0.2) is 223 Å². The average Bonchev–Trinajstić information content (AvgIpc) is 3.75. The minimum Gasteiger partial charge on any atom is -0.456 e. The predicted molar refractivity (Wildman–Crippen MR) is 255 cm³/mol. The molecule has 294 valence electrons. The van der Waals surface area contributed by atoms with Crippen molar-refractivity contribution >= 4 is 21.9 Å². The summed E-state index contributed by atoms with van der Waals surface area (Å²) >= 11 is 0. The quantitative estimate of drug-likeness (QED) is 0.153. The molecule has 0 aliphatic heterocycles. The molecule has 9 aromatic carbocycles. The number of hydrogen-bond donors (Lipinski definition) is 0. The standard InChI is InChI=1S/C58H36N4O/c59-37-38-12-9-17-45(34-38)41-28-30-44(31-29-41)56-60-57(47-19-10-18-46(35-47)42-26-24-40(25-27-42)39-13-3-1-4-14-39)62-58(61-56)48-32-33-52-54(36-48)63-53-23-11-22-51(55(52)53)50-21-8-7-20-49(50)43-15-5-2-6-16-43/h1-36H. The molecule has 2 heterocycles. The molecule has 0 aliphatic carbocycles. The van der Waals surface area contributed by atoms with Crippen molar-refractivity contribution in [2.45, 2.75) is 0 Å². The molecule has 2 aromatic heterocycles. The number of benzene rings is 9. The summed E-state index contributed by atoms with van der Waals surface area (Å²) in [7, 11) is 0. The second-order valence-corrected chi connectivity index (χ2v) is 15.5. The average molecular weight is 805 g/mol. The molecule has 5 heteroatoms. The van der Waals surface area contributed by atoms with Crippen LogP contribution in [0.25, 0.3) is 112 Å². The van der Waals surface area contributed by atoms with E-state index in [4.69, 9.17) is 19.4 Å². The van der Waals surface area contributed by atoms with E-state index in [-0.39, 0.29) is 0 Å². The van der Waals surface area contributed by atoms with E-state index in [0.717, 1.165) is 77.6 Å². The first-order valence-electron chi connectivity index (χ1n) is 20.9. The van der Waals surface area contributed by atoms with Gasteiger partial charge in [0.2, 0.25) is 0 Å². The molecular weight excluding hydrogens is 769 g/mol. The van der Waals surface area contributed by atoms with Crippen LogP contribution in [0.4, 0.5) is 0 Å². The number of aromatic nitrogens is 3. The van der Waals surface area contributed by atoms with Gasteiger partial charge in [0.05, 0.1) is 11.6 Å². The fourth-order valence-corrected chi connectivity index (χ4v) is 8.44. The second kappa shape index (κ2) is 16.0. The van der Waals surface area contributed by atoms with Crippen molar-refractivity contribution in [1.29, 1.82) is 5.26 Å². The molecule has 0 aliphatic rings.